The summed E-state index contributed by atoms with van der Waals surface area (Å²) in [6, 6.07) is 0. The Morgan fingerprint density at radius 3 is 2.73 bits per heavy atom. The molecule has 0 aliphatic carbocycles. The van der Waals surface area contributed by atoms with Crippen molar-refractivity contribution in [2.24, 2.45) is 0 Å². The summed E-state index contributed by atoms with van der Waals surface area (Å²) in [6.45, 7) is 3.49. The second kappa shape index (κ2) is 7.63. The van der Waals surface area contributed by atoms with Crippen molar-refractivity contribution in [1.29, 1.82) is 0 Å². The van der Waals surface area contributed by atoms with E-state index in [2.05, 4.69) is 0 Å². The minimum atomic E-state index is -0.407. The molecule has 0 aromatic heterocycles. The van der Waals surface area contributed by atoms with Gasteiger partial charge in [0.1, 0.15) is 0 Å². The summed E-state index contributed by atoms with van der Waals surface area (Å²) in [6.07, 6.45) is 9.34. The predicted octanol–water partition coefficient (Wildman–Crippen LogP) is 2.02. The molecule has 1 saturated heterocycles. The van der Waals surface area contributed by atoms with Crippen LogP contribution in [0.25, 0.3) is 0 Å². The van der Waals surface area contributed by atoms with E-state index >= 15 is 0 Å². The predicted molar refractivity (Wildman–Crippen MR) is 59.5 cm³/mol. The lowest BCUT2D eigenvalue weighted by atomic mass is 10.1. The maximum absolute atomic E-state index is 9.57. The van der Waals surface area contributed by atoms with E-state index in [4.69, 9.17) is 9.47 Å². The zero-order valence-corrected chi connectivity index (χ0v) is 9.26. The molecule has 0 saturated carbocycles. The van der Waals surface area contributed by atoms with Gasteiger partial charge in [0.2, 0.25) is 0 Å². The van der Waals surface area contributed by atoms with Crippen LogP contribution in [-0.4, -0.2) is 30.7 Å². The number of allylic oxidation sites excluding steroid dienone is 3. The largest absolute Gasteiger partial charge is 0.389 e. The van der Waals surface area contributed by atoms with E-state index in [1.807, 2.05) is 25.2 Å². The molecule has 0 spiro atoms. The van der Waals surface area contributed by atoms with Crippen molar-refractivity contribution in [2.45, 2.75) is 38.6 Å². The average molecular weight is 212 g/mol. The van der Waals surface area contributed by atoms with Crippen LogP contribution in [0.15, 0.2) is 24.3 Å². The van der Waals surface area contributed by atoms with E-state index in [0.717, 1.165) is 26.1 Å². The maximum atomic E-state index is 9.57. The van der Waals surface area contributed by atoms with Crippen LogP contribution in [-0.2, 0) is 9.47 Å². The summed E-state index contributed by atoms with van der Waals surface area (Å²) in [7, 11) is 0. The summed E-state index contributed by atoms with van der Waals surface area (Å²) in [5.74, 6) is 0. The first-order chi connectivity index (χ1) is 7.33. The monoisotopic (exact) mass is 212 g/mol. The van der Waals surface area contributed by atoms with Gasteiger partial charge in [0.15, 0.2) is 6.29 Å². The van der Waals surface area contributed by atoms with E-state index in [1.54, 1.807) is 6.08 Å². The fourth-order valence-electron chi connectivity index (χ4n) is 1.41. The second-order valence-corrected chi connectivity index (χ2v) is 3.58. The summed E-state index contributed by atoms with van der Waals surface area (Å²) < 4.78 is 10.8. The first-order valence-corrected chi connectivity index (χ1v) is 5.53. The van der Waals surface area contributed by atoms with Gasteiger partial charge < -0.3 is 14.6 Å². The Labute approximate surface area is 91.4 Å². The molecule has 3 nitrogen and oxygen atoms in total. The summed E-state index contributed by atoms with van der Waals surface area (Å²) in [4.78, 5) is 0. The highest BCUT2D eigenvalue weighted by atomic mass is 16.7. The van der Waals surface area contributed by atoms with E-state index in [1.165, 1.54) is 0 Å². The summed E-state index contributed by atoms with van der Waals surface area (Å²) in [5, 5.41) is 9.57. The van der Waals surface area contributed by atoms with Crippen LogP contribution in [0.5, 0.6) is 0 Å². The number of hydrogen-bond acceptors (Lipinski definition) is 3. The second-order valence-electron chi connectivity index (χ2n) is 3.58. The normalized spacial score (nSPS) is 21.5. The van der Waals surface area contributed by atoms with E-state index in [0.29, 0.717) is 6.42 Å². The molecule has 1 fully saturated rings. The van der Waals surface area contributed by atoms with Gasteiger partial charge in [0.25, 0.3) is 0 Å². The third-order valence-electron chi connectivity index (χ3n) is 2.23. The molecule has 0 aromatic rings. The highest BCUT2D eigenvalue weighted by Gasteiger charge is 2.14. The van der Waals surface area contributed by atoms with Gasteiger partial charge in [-0.15, -0.1) is 0 Å². The first kappa shape index (κ1) is 12.4. The molecule has 15 heavy (non-hydrogen) atoms. The molecular weight excluding hydrogens is 192 g/mol. The number of rotatable bonds is 5. The minimum Gasteiger partial charge on any atom is -0.389 e. The molecule has 1 N–H and O–H groups in total. The summed E-state index contributed by atoms with van der Waals surface area (Å²) >= 11 is 0. The third-order valence-corrected chi connectivity index (χ3v) is 2.23. The fraction of sp³-hybridized carbons (Fsp3) is 0.667. The van der Waals surface area contributed by atoms with E-state index in [-0.39, 0.29) is 6.29 Å². The molecule has 1 heterocycles. The molecule has 0 radical (unpaired) electrons. The number of aliphatic hydroxyl groups excluding tert-OH is 1. The van der Waals surface area contributed by atoms with Crippen LogP contribution in [0.4, 0.5) is 0 Å². The van der Waals surface area contributed by atoms with Crippen LogP contribution < -0.4 is 0 Å². The van der Waals surface area contributed by atoms with Crippen molar-refractivity contribution in [3.8, 4) is 0 Å². The molecule has 1 aliphatic rings. The molecule has 1 rings (SSSR count). The van der Waals surface area contributed by atoms with Crippen molar-refractivity contribution >= 4 is 0 Å². The van der Waals surface area contributed by atoms with Crippen molar-refractivity contribution in [3.63, 3.8) is 0 Å². The number of ether oxygens (including phenoxy) is 2. The quantitative estimate of drug-likeness (QED) is 0.709. The van der Waals surface area contributed by atoms with Crippen molar-refractivity contribution < 1.29 is 14.6 Å². The minimum absolute atomic E-state index is 0.122. The smallest absolute Gasteiger partial charge is 0.157 e. The van der Waals surface area contributed by atoms with E-state index < -0.39 is 6.10 Å². The molecule has 1 atom stereocenters. The zero-order valence-electron chi connectivity index (χ0n) is 9.26. The lowest BCUT2D eigenvalue weighted by Gasteiger charge is -2.23. The molecular formula is C12H20O3. The Hall–Kier alpha value is -0.640. The highest BCUT2D eigenvalue weighted by molar-refractivity contribution is 5.03. The fourth-order valence-corrected chi connectivity index (χ4v) is 1.41. The topological polar surface area (TPSA) is 38.7 Å². The van der Waals surface area contributed by atoms with Gasteiger partial charge >= 0.3 is 0 Å². The molecule has 86 valence electrons. The van der Waals surface area contributed by atoms with Gasteiger partial charge in [-0.2, -0.15) is 0 Å². The van der Waals surface area contributed by atoms with Crippen molar-refractivity contribution in [2.75, 3.05) is 13.2 Å². The Morgan fingerprint density at radius 1 is 1.33 bits per heavy atom. The zero-order chi connectivity index (χ0) is 10.9. The Bertz CT molecular complexity index is 205. The lowest BCUT2D eigenvalue weighted by molar-refractivity contribution is -0.183. The molecule has 1 unspecified atom stereocenters. The van der Waals surface area contributed by atoms with Gasteiger partial charge in [-0.05, 0) is 19.8 Å². The Balaban J connectivity index is 2.12. The van der Waals surface area contributed by atoms with Gasteiger partial charge in [-0.3, -0.25) is 0 Å². The van der Waals surface area contributed by atoms with Crippen LogP contribution in [0.1, 0.15) is 26.2 Å². The first-order valence-electron chi connectivity index (χ1n) is 5.53. The molecule has 0 bridgehead atoms. The molecule has 1 aliphatic heterocycles. The maximum Gasteiger partial charge on any atom is 0.157 e. The lowest BCUT2D eigenvalue weighted by Crippen LogP contribution is -2.25. The van der Waals surface area contributed by atoms with Gasteiger partial charge in [0, 0.05) is 6.42 Å². The third kappa shape index (κ3) is 5.72. The highest BCUT2D eigenvalue weighted by Crippen LogP contribution is 2.12. The Kier molecular flexibility index (Phi) is 6.32. The molecule has 3 heteroatoms. The van der Waals surface area contributed by atoms with Crippen LogP contribution in [0.2, 0.25) is 0 Å². The average Bonchev–Trinajstić information content (AvgIpc) is 2.28. The molecule has 0 amide bonds. The number of aliphatic hydroxyl groups is 1. The van der Waals surface area contributed by atoms with Crippen molar-refractivity contribution in [3.05, 3.63) is 24.3 Å². The number of hydrogen-bond donors (Lipinski definition) is 1. The van der Waals surface area contributed by atoms with Crippen molar-refractivity contribution in [1.82, 2.24) is 0 Å². The van der Waals surface area contributed by atoms with Gasteiger partial charge in [-0.1, -0.05) is 24.3 Å². The summed E-state index contributed by atoms with van der Waals surface area (Å²) in [5.41, 5.74) is 0. The van der Waals surface area contributed by atoms with Crippen LogP contribution in [0.3, 0.4) is 0 Å². The standard InChI is InChI=1S/C12H20O3/c1-2-3-4-6-11(13)7-8-12-14-9-5-10-15-12/h2-4,6,11-13H,5,7-10H2,1H3/b3-2+,6-4+. The van der Waals surface area contributed by atoms with Crippen LogP contribution in [0, 0.1) is 0 Å². The Morgan fingerprint density at radius 2 is 2.07 bits per heavy atom. The molecule has 0 aromatic carbocycles. The van der Waals surface area contributed by atoms with Gasteiger partial charge in [-0.25, -0.2) is 0 Å². The van der Waals surface area contributed by atoms with Gasteiger partial charge in [0.05, 0.1) is 19.3 Å². The van der Waals surface area contributed by atoms with Crippen LogP contribution >= 0.6 is 0 Å². The SMILES string of the molecule is C/C=C/C=C/C(O)CCC1OCCCO1. The van der Waals surface area contributed by atoms with E-state index in [9.17, 15) is 5.11 Å².